The van der Waals surface area contributed by atoms with Crippen LogP contribution in [0.3, 0.4) is 0 Å². The topological polar surface area (TPSA) is 97.2 Å². The summed E-state index contributed by atoms with van der Waals surface area (Å²) in [6.45, 7) is 5.94. The second kappa shape index (κ2) is 6.97. The van der Waals surface area contributed by atoms with E-state index in [1.54, 1.807) is 6.07 Å². The highest BCUT2D eigenvalue weighted by molar-refractivity contribution is 5.93. The number of H-pyrrole nitrogens is 1. The number of hydrogen-bond acceptors (Lipinski definition) is 5. The molecular formula is C24H23N3O4. The molecule has 31 heavy (non-hydrogen) atoms. The molecule has 0 spiro atoms. The second-order valence-corrected chi connectivity index (χ2v) is 8.64. The Morgan fingerprint density at radius 3 is 2.87 bits per heavy atom. The molecule has 1 amide bonds. The van der Waals surface area contributed by atoms with Crippen molar-refractivity contribution in [3.63, 3.8) is 0 Å². The van der Waals surface area contributed by atoms with Crippen LogP contribution >= 0.6 is 0 Å². The molecule has 5 rings (SSSR count). The maximum absolute atomic E-state index is 12.7. The van der Waals surface area contributed by atoms with Gasteiger partial charge in [0.15, 0.2) is 0 Å². The molecule has 2 aromatic heterocycles. The highest BCUT2D eigenvalue weighted by Gasteiger charge is 2.28. The lowest BCUT2D eigenvalue weighted by atomic mass is 9.92. The van der Waals surface area contributed by atoms with E-state index in [0.29, 0.717) is 17.1 Å². The molecule has 158 valence electrons. The number of carbonyl (C=O) groups is 1. The van der Waals surface area contributed by atoms with Gasteiger partial charge in [-0.1, -0.05) is 12.1 Å². The van der Waals surface area contributed by atoms with Gasteiger partial charge in [-0.2, -0.15) is 0 Å². The molecule has 1 aliphatic rings. The number of hydrogen-bond donors (Lipinski definition) is 2. The maximum atomic E-state index is 12.7. The number of aryl methyl sites for hydroxylation is 2. The van der Waals surface area contributed by atoms with Gasteiger partial charge < -0.3 is 14.1 Å². The second-order valence-electron chi connectivity index (χ2n) is 8.64. The van der Waals surface area contributed by atoms with Gasteiger partial charge in [-0.15, -0.1) is 0 Å². The molecule has 7 nitrogen and oxygen atoms in total. The minimum atomic E-state index is -0.514. The molecule has 4 aromatic rings. The van der Waals surface area contributed by atoms with Gasteiger partial charge >= 0.3 is 5.63 Å². The Bertz CT molecular complexity index is 1360. The number of nitrogens with zero attached hydrogens (tertiary/aromatic N) is 1. The number of aromatic nitrogens is 2. The lowest BCUT2D eigenvalue weighted by Gasteiger charge is -2.32. The number of anilines is 1. The number of ether oxygens (including phenoxy) is 1. The van der Waals surface area contributed by atoms with Crippen LogP contribution in [-0.2, 0) is 17.6 Å². The molecule has 0 bridgehead atoms. The highest BCUT2D eigenvalue weighted by Crippen LogP contribution is 2.36. The normalized spacial score (nSPS) is 14.9. The predicted molar refractivity (Wildman–Crippen MR) is 119 cm³/mol. The number of rotatable bonds is 3. The first-order chi connectivity index (χ1) is 14.8. The maximum Gasteiger partial charge on any atom is 0.340 e. The molecule has 0 saturated heterocycles. The van der Waals surface area contributed by atoms with Crippen molar-refractivity contribution in [1.29, 1.82) is 0 Å². The van der Waals surface area contributed by atoms with Crippen molar-refractivity contribution in [2.45, 2.75) is 45.6 Å². The molecular weight excluding hydrogens is 394 g/mol. The fourth-order valence-corrected chi connectivity index (χ4v) is 4.09. The molecule has 7 heteroatoms. The third-order valence-electron chi connectivity index (χ3n) is 5.84. The summed E-state index contributed by atoms with van der Waals surface area (Å²) in [5.41, 5.74) is 3.48. The van der Waals surface area contributed by atoms with Crippen molar-refractivity contribution in [2.24, 2.45) is 0 Å². The van der Waals surface area contributed by atoms with Crippen molar-refractivity contribution in [1.82, 2.24) is 9.97 Å². The number of amides is 1. The molecule has 3 heterocycles. The Kier molecular flexibility index (Phi) is 4.36. The van der Waals surface area contributed by atoms with Gasteiger partial charge in [0.1, 0.15) is 16.9 Å². The third-order valence-corrected chi connectivity index (χ3v) is 5.84. The molecule has 0 saturated carbocycles. The van der Waals surface area contributed by atoms with E-state index in [0.717, 1.165) is 46.1 Å². The van der Waals surface area contributed by atoms with E-state index in [9.17, 15) is 9.59 Å². The molecule has 0 fully saturated rings. The first-order valence-corrected chi connectivity index (χ1v) is 10.3. The Balaban J connectivity index is 1.45. The fourth-order valence-electron chi connectivity index (χ4n) is 4.09. The quantitative estimate of drug-likeness (QED) is 0.486. The largest absolute Gasteiger partial charge is 0.487 e. The van der Waals surface area contributed by atoms with Gasteiger partial charge in [-0.05, 0) is 62.9 Å². The van der Waals surface area contributed by atoms with Crippen LogP contribution in [-0.4, -0.2) is 21.5 Å². The van der Waals surface area contributed by atoms with Crippen molar-refractivity contribution in [3.8, 4) is 5.75 Å². The van der Waals surface area contributed by atoms with Gasteiger partial charge in [0.25, 0.3) is 0 Å². The Morgan fingerprint density at radius 2 is 2.06 bits per heavy atom. The Labute approximate surface area is 178 Å². The van der Waals surface area contributed by atoms with Gasteiger partial charge in [-0.3, -0.25) is 10.1 Å². The van der Waals surface area contributed by atoms with E-state index in [4.69, 9.17) is 9.15 Å². The van der Waals surface area contributed by atoms with E-state index in [2.05, 4.69) is 15.3 Å². The summed E-state index contributed by atoms with van der Waals surface area (Å²) in [4.78, 5) is 32.7. The molecule has 0 aliphatic carbocycles. The summed E-state index contributed by atoms with van der Waals surface area (Å²) < 4.78 is 11.6. The predicted octanol–water partition coefficient (Wildman–Crippen LogP) is 4.26. The number of fused-ring (bicyclic) bond motifs is 3. The van der Waals surface area contributed by atoms with E-state index in [1.165, 1.54) is 0 Å². The number of carbonyl (C=O) groups excluding carboxylic acids is 1. The van der Waals surface area contributed by atoms with E-state index in [-0.39, 0.29) is 17.9 Å². The summed E-state index contributed by atoms with van der Waals surface area (Å²) in [7, 11) is 0. The zero-order chi connectivity index (χ0) is 21.8. The summed E-state index contributed by atoms with van der Waals surface area (Å²) in [6, 6.07) is 11.3. The average Bonchev–Trinajstić information content (AvgIpc) is 3.11. The molecule has 2 N–H and O–H groups in total. The Hall–Kier alpha value is -3.61. The third kappa shape index (κ3) is 3.56. The van der Waals surface area contributed by atoms with E-state index < -0.39 is 5.63 Å². The van der Waals surface area contributed by atoms with Crippen molar-refractivity contribution in [3.05, 3.63) is 63.5 Å². The first-order valence-electron chi connectivity index (χ1n) is 10.3. The van der Waals surface area contributed by atoms with Crippen LogP contribution in [0.15, 0.2) is 45.6 Å². The minimum absolute atomic E-state index is 0.0955. The highest BCUT2D eigenvalue weighted by atomic mass is 16.5. The van der Waals surface area contributed by atoms with Crippen LogP contribution in [0.4, 0.5) is 5.95 Å². The monoisotopic (exact) mass is 417 g/mol. The average molecular weight is 417 g/mol. The van der Waals surface area contributed by atoms with E-state index >= 15 is 0 Å². The van der Waals surface area contributed by atoms with Crippen LogP contribution < -0.4 is 15.7 Å². The first kappa shape index (κ1) is 19.4. The number of imidazole rings is 1. The van der Waals surface area contributed by atoms with Crippen LogP contribution in [0.25, 0.3) is 22.0 Å². The smallest absolute Gasteiger partial charge is 0.340 e. The summed E-state index contributed by atoms with van der Waals surface area (Å²) >= 11 is 0. The van der Waals surface area contributed by atoms with Gasteiger partial charge in [0, 0.05) is 11.5 Å². The summed E-state index contributed by atoms with van der Waals surface area (Å²) in [5, 5.41) is 3.56. The fraction of sp³-hybridized carbons (Fsp3) is 0.292. The van der Waals surface area contributed by atoms with Gasteiger partial charge in [0.2, 0.25) is 11.9 Å². The van der Waals surface area contributed by atoms with Gasteiger partial charge in [-0.25, -0.2) is 9.78 Å². The molecule has 2 aromatic carbocycles. The molecule has 0 atom stereocenters. The lowest BCUT2D eigenvalue weighted by molar-refractivity contribution is -0.115. The zero-order valence-electron chi connectivity index (χ0n) is 17.7. The molecule has 0 radical (unpaired) electrons. The SMILES string of the molecule is Cc1c(CC(=O)Nc2nc3ccccc3[nH]2)c(=O)oc2cc3c(cc12)CCC(C)(C)O3. The van der Waals surface area contributed by atoms with Crippen LogP contribution in [0.1, 0.15) is 37.0 Å². The van der Waals surface area contributed by atoms with Crippen LogP contribution in [0.2, 0.25) is 0 Å². The molecule has 1 aliphatic heterocycles. The number of nitrogens with one attached hydrogen (secondary N) is 2. The summed E-state index contributed by atoms with van der Waals surface area (Å²) in [5.74, 6) is 0.765. The summed E-state index contributed by atoms with van der Waals surface area (Å²) in [6.07, 6.45) is 1.70. The van der Waals surface area contributed by atoms with Crippen molar-refractivity contribution in [2.75, 3.05) is 5.32 Å². The van der Waals surface area contributed by atoms with Gasteiger partial charge in [0.05, 0.1) is 23.0 Å². The minimum Gasteiger partial charge on any atom is -0.487 e. The van der Waals surface area contributed by atoms with E-state index in [1.807, 2.05) is 51.1 Å². The lowest BCUT2D eigenvalue weighted by Crippen LogP contribution is -2.32. The number of aromatic amines is 1. The Morgan fingerprint density at radius 1 is 1.26 bits per heavy atom. The number of para-hydroxylation sites is 2. The van der Waals surface area contributed by atoms with Crippen LogP contribution in [0.5, 0.6) is 5.75 Å². The zero-order valence-corrected chi connectivity index (χ0v) is 17.7. The standard InChI is InChI=1S/C24H23N3O4/c1-13-15-10-14-8-9-24(2,3)31-19(14)12-20(15)30-22(29)16(13)11-21(28)27-23-25-17-6-4-5-7-18(17)26-23/h4-7,10,12H,8-9,11H2,1-3H3,(H2,25,26,27,28). The van der Waals surface area contributed by atoms with Crippen molar-refractivity contribution < 1.29 is 13.9 Å². The molecule has 0 unspecified atom stereocenters. The van der Waals surface area contributed by atoms with Crippen LogP contribution in [0, 0.1) is 6.92 Å². The van der Waals surface area contributed by atoms with Crippen molar-refractivity contribution >= 4 is 33.9 Å². The number of benzene rings is 2.